The minimum Gasteiger partial charge on any atom is -0.345 e. The van der Waals surface area contributed by atoms with Crippen molar-refractivity contribution in [2.45, 2.75) is 44.3 Å². The van der Waals surface area contributed by atoms with Gasteiger partial charge in [0.1, 0.15) is 5.82 Å². The Morgan fingerprint density at radius 3 is 2.70 bits per heavy atom. The highest BCUT2D eigenvalue weighted by Crippen LogP contribution is 2.21. The first-order valence-corrected chi connectivity index (χ1v) is 8.89. The van der Waals surface area contributed by atoms with E-state index in [-0.39, 0.29) is 5.91 Å². The average Bonchev–Trinajstić information content (AvgIpc) is 2.60. The van der Waals surface area contributed by atoms with Crippen LogP contribution >= 0.6 is 11.8 Å². The van der Waals surface area contributed by atoms with Crippen molar-refractivity contribution >= 4 is 17.7 Å². The molecule has 7 heteroatoms. The van der Waals surface area contributed by atoms with Crippen LogP contribution in [0, 0.1) is 6.92 Å². The summed E-state index contributed by atoms with van der Waals surface area (Å²) >= 11 is 1.44. The van der Waals surface area contributed by atoms with E-state index in [4.69, 9.17) is 0 Å². The average molecular weight is 329 g/mol. The quantitative estimate of drug-likeness (QED) is 0.683. The van der Waals surface area contributed by atoms with E-state index in [2.05, 4.69) is 25.3 Å². The number of fused-ring (bicyclic) bond motifs is 1. The largest absolute Gasteiger partial charge is 0.345 e. The van der Waals surface area contributed by atoms with Gasteiger partial charge in [0.2, 0.25) is 0 Å². The SMILES string of the molecule is CSc1ncc(C(=O)NCc2nc(C)c3c(n2)CCCC3)cn1. The van der Waals surface area contributed by atoms with E-state index >= 15 is 0 Å². The van der Waals surface area contributed by atoms with E-state index in [1.165, 1.54) is 42.6 Å². The van der Waals surface area contributed by atoms with Gasteiger partial charge >= 0.3 is 0 Å². The van der Waals surface area contributed by atoms with Crippen molar-refractivity contribution in [3.63, 3.8) is 0 Å². The molecular weight excluding hydrogens is 310 g/mol. The fraction of sp³-hybridized carbons (Fsp3) is 0.438. The molecule has 0 unspecified atom stereocenters. The molecule has 0 aromatic carbocycles. The van der Waals surface area contributed by atoms with Crippen molar-refractivity contribution < 1.29 is 4.79 Å². The number of carbonyl (C=O) groups is 1. The van der Waals surface area contributed by atoms with Crippen molar-refractivity contribution in [2.75, 3.05) is 6.26 Å². The van der Waals surface area contributed by atoms with E-state index in [0.717, 1.165) is 24.2 Å². The van der Waals surface area contributed by atoms with Gasteiger partial charge in [0.15, 0.2) is 5.16 Å². The van der Waals surface area contributed by atoms with Crippen LogP contribution in [0.5, 0.6) is 0 Å². The Kier molecular flexibility index (Phi) is 4.85. The summed E-state index contributed by atoms with van der Waals surface area (Å²) in [6.45, 7) is 2.34. The first-order valence-electron chi connectivity index (χ1n) is 7.67. The van der Waals surface area contributed by atoms with Gasteiger partial charge in [0, 0.05) is 23.8 Å². The van der Waals surface area contributed by atoms with Crippen LogP contribution in [0.1, 0.15) is 46.0 Å². The number of nitrogens with one attached hydrogen (secondary N) is 1. The highest BCUT2D eigenvalue weighted by atomic mass is 32.2. The van der Waals surface area contributed by atoms with Gasteiger partial charge in [0.05, 0.1) is 12.1 Å². The van der Waals surface area contributed by atoms with Gasteiger partial charge in [-0.1, -0.05) is 11.8 Å². The summed E-state index contributed by atoms with van der Waals surface area (Å²) < 4.78 is 0. The monoisotopic (exact) mass is 329 g/mol. The molecule has 0 spiro atoms. The van der Waals surface area contributed by atoms with Crippen molar-refractivity contribution in [3.8, 4) is 0 Å². The molecule has 120 valence electrons. The predicted octanol–water partition coefficient (Wildman–Crippen LogP) is 2.11. The molecule has 0 saturated carbocycles. The number of amides is 1. The van der Waals surface area contributed by atoms with Crippen LogP contribution in [-0.4, -0.2) is 32.1 Å². The number of carbonyl (C=O) groups excluding carboxylic acids is 1. The molecule has 0 saturated heterocycles. The molecule has 1 aliphatic carbocycles. The number of rotatable bonds is 4. The molecule has 0 radical (unpaired) electrons. The third-order valence-electron chi connectivity index (χ3n) is 3.92. The minimum absolute atomic E-state index is 0.211. The topological polar surface area (TPSA) is 80.7 Å². The standard InChI is InChI=1S/C16H19N5OS/c1-10-12-5-3-4-6-13(12)21-14(20-10)9-17-15(22)11-7-18-16(23-2)19-8-11/h7-8H,3-6,9H2,1-2H3,(H,17,22). The van der Waals surface area contributed by atoms with Crippen LogP contribution in [0.4, 0.5) is 0 Å². The summed E-state index contributed by atoms with van der Waals surface area (Å²) in [4.78, 5) is 29.5. The maximum atomic E-state index is 12.1. The first-order chi connectivity index (χ1) is 11.2. The van der Waals surface area contributed by atoms with E-state index < -0.39 is 0 Å². The van der Waals surface area contributed by atoms with Gasteiger partial charge in [0.25, 0.3) is 5.91 Å². The highest BCUT2D eigenvalue weighted by molar-refractivity contribution is 7.98. The van der Waals surface area contributed by atoms with Gasteiger partial charge < -0.3 is 5.32 Å². The summed E-state index contributed by atoms with van der Waals surface area (Å²) in [5.74, 6) is 0.453. The lowest BCUT2D eigenvalue weighted by molar-refractivity contribution is 0.0949. The molecule has 3 rings (SSSR count). The summed E-state index contributed by atoms with van der Waals surface area (Å²) in [5.41, 5.74) is 3.90. The molecule has 1 aliphatic rings. The van der Waals surface area contributed by atoms with Crippen molar-refractivity contribution in [2.24, 2.45) is 0 Å². The smallest absolute Gasteiger partial charge is 0.254 e. The lowest BCUT2D eigenvalue weighted by atomic mass is 9.95. The lowest BCUT2D eigenvalue weighted by Crippen LogP contribution is -2.25. The first kappa shape index (κ1) is 15.9. The number of thioether (sulfide) groups is 1. The van der Waals surface area contributed by atoms with Crippen LogP contribution < -0.4 is 5.32 Å². The molecule has 0 atom stereocenters. The molecule has 2 heterocycles. The van der Waals surface area contributed by atoms with Crippen LogP contribution in [0.2, 0.25) is 0 Å². The van der Waals surface area contributed by atoms with Crippen LogP contribution in [0.25, 0.3) is 0 Å². The third-order valence-corrected chi connectivity index (χ3v) is 4.49. The highest BCUT2D eigenvalue weighted by Gasteiger charge is 2.16. The number of aryl methyl sites for hydroxylation is 2. The molecule has 2 aromatic heterocycles. The van der Waals surface area contributed by atoms with E-state index in [0.29, 0.717) is 23.1 Å². The second-order valence-electron chi connectivity index (χ2n) is 5.50. The second-order valence-corrected chi connectivity index (χ2v) is 6.27. The van der Waals surface area contributed by atoms with Gasteiger partial charge in [-0.15, -0.1) is 0 Å². The van der Waals surface area contributed by atoms with Gasteiger partial charge in [-0.05, 0) is 44.4 Å². The zero-order valence-electron chi connectivity index (χ0n) is 13.3. The maximum absolute atomic E-state index is 12.1. The number of hydrogen-bond donors (Lipinski definition) is 1. The maximum Gasteiger partial charge on any atom is 0.254 e. The fourth-order valence-corrected chi connectivity index (χ4v) is 3.04. The number of hydrogen-bond acceptors (Lipinski definition) is 6. The molecule has 0 aliphatic heterocycles. The Bertz CT molecular complexity index is 717. The zero-order valence-corrected chi connectivity index (χ0v) is 14.1. The summed E-state index contributed by atoms with van der Waals surface area (Å²) in [6, 6.07) is 0. The van der Waals surface area contributed by atoms with Crippen molar-refractivity contribution in [1.82, 2.24) is 25.3 Å². The second kappa shape index (κ2) is 7.04. The summed E-state index contributed by atoms with van der Waals surface area (Å²) in [7, 11) is 0. The molecule has 1 amide bonds. The van der Waals surface area contributed by atoms with E-state index in [1.807, 2.05) is 13.2 Å². The Morgan fingerprint density at radius 2 is 1.96 bits per heavy atom. The van der Waals surface area contributed by atoms with Crippen LogP contribution in [-0.2, 0) is 19.4 Å². The summed E-state index contributed by atoms with van der Waals surface area (Å²) in [6.07, 6.45) is 9.41. The summed E-state index contributed by atoms with van der Waals surface area (Å²) in [5, 5.41) is 3.48. The van der Waals surface area contributed by atoms with Crippen LogP contribution in [0.15, 0.2) is 17.6 Å². The van der Waals surface area contributed by atoms with E-state index in [9.17, 15) is 4.79 Å². The molecule has 6 nitrogen and oxygen atoms in total. The van der Waals surface area contributed by atoms with Crippen molar-refractivity contribution in [3.05, 3.63) is 40.7 Å². The molecule has 23 heavy (non-hydrogen) atoms. The molecule has 0 fully saturated rings. The number of aromatic nitrogens is 4. The Labute approximate surface area is 139 Å². The molecular formula is C16H19N5OS. The van der Waals surface area contributed by atoms with E-state index in [1.54, 1.807) is 0 Å². The lowest BCUT2D eigenvalue weighted by Gasteiger charge is -2.17. The van der Waals surface area contributed by atoms with Crippen molar-refractivity contribution in [1.29, 1.82) is 0 Å². The Balaban J connectivity index is 1.67. The normalized spacial score (nSPS) is 13.5. The molecule has 0 bridgehead atoms. The Morgan fingerprint density at radius 1 is 1.22 bits per heavy atom. The van der Waals surface area contributed by atoms with Crippen LogP contribution in [0.3, 0.4) is 0 Å². The fourth-order valence-electron chi connectivity index (χ4n) is 2.72. The predicted molar refractivity (Wildman–Crippen MR) is 88.4 cm³/mol. The van der Waals surface area contributed by atoms with Gasteiger partial charge in [-0.2, -0.15) is 0 Å². The van der Waals surface area contributed by atoms with Gasteiger partial charge in [-0.25, -0.2) is 19.9 Å². The van der Waals surface area contributed by atoms with Gasteiger partial charge in [-0.3, -0.25) is 4.79 Å². The molecule has 2 aromatic rings. The molecule has 1 N–H and O–H groups in total. The number of nitrogens with zero attached hydrogens (tertiary/aromatic N) is 4. The Hall–Kier alpha value is -2.02. The zero-order chi connectivity index (χ0) is 16.2. The minimum atomic E-state index is -0.211. The third kappa shape index (κ3) is 3.67.